The summed E-state index contributed by atoms with van der Waals surface area (Å²) < 4.78 is 22.3. The molecule has 0 unspecified atom stereocenters. The van der Waals surface area contributed by atoms with Crippen LogP contribution in [-0.2, 0) is 9.47 Å². The Morgan fingerprint density at radius 1 is 0.818 bits per heavy atom. The molecule has 1 aliphatic rings. The average molecular weight is 616 g/mol. The van der Waals surface area contributed by atoms with E-state index in [0.29, 0.717) is 0 Å². The maximum absolute atomic E-state index is 13.7. The molecule has 4 aromatic rings. The zero-order valence-electron chi connectivity index (χ0n) is 22.1. The van der Waals surface area contributed by atoms with Gasteiger partial charge in [0.25, 0.3) is 0 Å². The Bertz CT molecular complexity index is 1790. The number of hydrogen-bond acceptors (Lipinski definition) is 16. The number of carbonyl (C=O) groups excluding carboxylic acids is 1. The van der Waals surface area contributed by atoms with Gasteiger partial charge in [-0.3, -0.25) is 4.79 Å². The molecule has 2 heterocycles. The van der Waals surface area contributed by atoms with Crippen LogP contribution in [0.1, 0.15) is 10.4 Å². The molecular formula is C28H24O16. The van der Waals surface area contributed by atoms with Gasteiger partial charge in [-0.25, -0.2) is 4.79 Å². The number of ether oxygens (including phenoxy) is 3. The molecule has 10 N–H and O–H groups in total. The maximum Gasteiger partial charge on any atom is 0.339 e. The van der Waals surface area contributed by atoms with Crippen molar-refractivity contribution in [3.63, 3.8) is 0 Å². The summed E-state index contributed by atoms with van der Waals surface area (Å²) in [5, 5.41) is 99.8. The molecule has 0 radical (unpaired) electrons. The van der Waals surface area contributed by atoms with Crippen molar-refractivity contribution in [2.24, 2.45) is 0 Å². The first-order chi connectivity index (χ1) is 20.8. The highest BCUT2D eigenvalue weighted by Crippen LogP contribution is 2.40. The summed E-state index contributed by atoms with van der Waals surface area (Å²) >= 11 is 0. The number of hydrogen-bond donors (Lipinski definition) is 10. The molecular weight excluding hydrogens is 592 g/mol. The Balaban J connectivity index is 1.63. The van der Waals surface area contributed by atoms with E-state index < -0.39 is 111 Å². The van der Waals surface area contributed by atoms with Crippen molar-refractivity contribution in [2.75, 3.05) is 6.61 Å². The number of phenols is 7. The van der Waals surface area contributed by atoms with Gasteiger partial charge in [0, 0.05) is 17.7 Å². The first-order valence-electron chi connectivity index (χ1n) is 12.6. The summed E-state index contributed by atoms with van der Waals surface area (Å²) in [6.45, 7) is -0.885. The molecule has 1 saturated heterocycles. The molecule has 1 aliphatic heterocycles. The van der Waals surface area contributed by atoms with Crippen LogP contribution in [0.4, 0.5) is 0 Å². The zero-order valence-corrected chi connectivity index (χ0v) is 22.1. The van der Waals surface area contributed by atoms with Crippen molar-refractivity contribution in [2.45, 2.75) is 30.7 Å². The summed E-state index contributed by atoms with van der Waals surface area (Å²) in [5.41, 5.74) is -2.05. The molecule has 0 amide bonds. The van der Waals surface area contributed by atoms with Gasteiger partial charge < -0.3 is 69.7 Å². The van der Waals surface area contributed by atoms with Gasteiger partial charge >= 0.3 is 5.97 Å². The van der Waals surface area contributed by atoms with Gasteiger partial charge in [0.15, 0.2) is 40.6 Å². The van der Waals surface area contributed by atoms with Crippen molar-refractivity contribution in [1.82, 2.24) is 0 Å². The Kier molecular flexibility index (Phi) is 7.75. The molecule has 0 spiro atoms. The monoisotopic (exact) mass is 616 g/mol. The van der Waals surface area contributed by atoms with Crippen LogP contribution in [-0.4, -0.2) is 94.3 Å². The minimum absolute atomic E-state index is 0.0872. The van der Waals surface area contributed by atoms with Crippen LogP contribution in [0, 0.1) is 0 Å². The second-order valence-corrected chi connectivity index (χ2v) is 9.69. The van der Waals surface area contributed by atoms with Gasteiger partial charge in [0.05, 0.1) is 12.2 Å². The van der Waals surface area contributed by atoms with Crippen LogP contribution in [0.5, 0.6) is 46.0 Å². The number of aliphatic hydroxyl groups is 3. The van der Waals surface area contributed by atoms with E-state index in [2.05, 4.69) is 0 Å². The molecule has 3 aromatic carbocycles. The van der Waals surface area contributed by atoms with Crippen molar-refractivity contribution in [3.05, 3.63) is 58.3 Å². The van der Waals surface area contributed by atoms with Crippen LogP contribution in [0.15, 0.2) is 51.7 Å². The lowest BCUT2D eigenvalue weighted by molar-refractivity contribution is -0.276. The van der Waals surface area contributed by atoms with Gasteiger partial charge in [0.1, 0.15) is 40.8 Å². The summed E-state index contributed by atoms with van der Waals surface area (Å²) in [7, 11) is 0. The predicted molar refractivity (Wildman–Crippen MR) is 144 cm³/mol. The SMILES string of the molecule is O=C(O[C@H]1[C@@H](Oc2c(-c3ccc(O)c(O)c3)oc3cc(O)cc(O)c3c2=O)O[C@H](CO)[C@H](O)[C@@H]1O)c1cc(O)c(O)c(O)c1. The molecule has 0 bridgehead atoms. The summed E-state index contributed by atoms with van der Waals surface area (Å²) in [5.74, 6) is -7.70. The van der Waals surface area contributed by atoms with Crippen molar-refractivity contribution in [3.8, 4) is 57.3 Å². The van der Waals surface area contributed by atoms with E-state index in [1.54, 1.807) is 0 Å². The molecule has 0 saturated carbocycles. The van der Waals surface area contributed by atoms with Crippen molar-refractivity contribution < 1.29 is 74.5 Å². The fourth-order valence-corrected chi connectivity index (χ4v) is 4.54. The van der Waals surface area contributed by atoms with Gasteiger partial charge in [0.2, 0.25) is 17.5 Å². The molecule has 232 valence electrons. The number of carbonyl (C=O) groups is 1. The fraction of sp³-hybridized carbons (Fsp3) is 0.214. The normalized spacial score (nSPS) is 21.7. The van der Waals surface area contributed by atoms with E-state index in [1.807, 2.05) is 0 Å². The number of aromatic hydroxyl groups is 7. The zero-order chi connectivity index (χ0) is 32.0. The van der Waals surface area contributed by atoms with E-state index >= 15 is 0 Å². The molecule has 44 heavy (non-hydrogen) atoms. The third kappa shape index (κ3) is 5.29. The second-order valence-electron chi connectivity index (χ2n) is 9.69. The Labute approximate surface area is 244 Å². The topological polar surface area (TPSA) is 277 Å². The van der Waals surface area contributed by atoms with Crippen molar-refractivity contribution >= 4 is 16.9 Å². The number of rotatable bonds is 6. The van der Waals surface area contributed by atoms with Gasteiger partial charge in [-0.2, -0.15) is 0 Å². The highest BCUT2D eigenvalue weighted by atomic mass is 16.7. The molecule has 5 atom stereocenters. The molecule has 1 aromatic heterocycles. The highest BCUT2D eigenvalue weighted by Gasteiger charge is 2.48. The van der Waals surface area contributed by atoms with E-state index in [-0.39, 0.29) is 11.1 Å². The Morgan fingerprint density at radius 3 is 2.14 bits per heavy atom. The number of aliphatic hydroxyl groups excluding tert-OH is 3. The first-order valence-corrected chi connectivity index (χ1v) is 12.6. The molecule has 5 rings (SSSR count). The van der Waals surface area contributed by atoms with Gasteiger partial charge in [-0.15, -0.1) is 0 Å². The standard InChI is InChI=1S/C28H24O16/c29-8-18-21(37)23(39)26(43-27(40)10-4-15(34)20(36)16(35)5-10)28(42-18)44-25-22(38)19-14(33)6-11(30)7-17(19)41-24(25)9-1-2-12(31)13(32)3-9/h1-7,18,21,23,26,28-37,39H,8H2/t18-,21+,23+,26-,28-/m1/s1. The lowest BCUT2D eigenvalue weighted by Crippen LogP contribution is -2.61. The van der Waals surface area contributed by atoms with Crippen LogP contribution in [0.25, 0.3) is 22.3 Å². The third-order valence-electron chi connectivity index (χ3n) is 6.76. The minimum Gasteiger partial charge on any atom is -0.508 e. The fourth-order valence-electron chi connectivity index (χ4n) is 4.54. The largest absolute Gasteiger partial charge is 0.508 e. The number of esters is 1. The van der Waals surface area contributed by atoms with E-state index in [9.17, 15) is 60.7 Å². The first kappa shape index (κ1) is 30.1. The van der Waals surface area contributed by atoms with Crippen molar-refractivity contribution in [1.29, 1.82) is 0 Å². The molecule has 0 aliphatic carbocycles. The van der Waals surface area contributed by atoms with Gasteiger partial charge in [-0.1, -0.05) is 0 Å². The lowest BCUT2D eigenvalue weighted by atomic mass is 9.99. The smallest absolute Gasteiger partial charge is 0.339 e. The van der Waals surface area contributed by atoms with E-state index in [0.717, 1.165) is 36.4 Å². The quantitative estimate of drug-likeness (QED) is 0.104. The Hall–Kier alpha value is -5.42. The lowest BCUT2D eigenvalue weighted by Gasteiger charge is -2.41. The highest BCUT2D eigenvalue weighted by molar-refractivity contribution is 5.91. The number of benzene rings is 3. The molecule has 16 nitrogen and oxygen atoms in total. The van der Waals surface area contributed by atoms with E-state index in [1.165, 1.54) is 6.07 Å². The van der Waals surface area contributed by atoms with Crippen LogP contribution in [0.2, 0.25) is 0 Å². The van der Waals surface area contributed by atoms with Crippen LogP contribution in [0.3, 0.4) is 0 Å². The second kappa shape index (κ2) is 11.3. The van der Waals surface area contributed by atoms with Gasteiger partial charge in [-0.05, 0) is 30.3 Å². The summed E-state index contributed by atoms with van der Waals surface area (Å²) in [6.07, 6.45) is -9.44. The minimum atomic E-state index is -2.03. The summed E-state index contributed by atoms with van der Waals surface area (Å²) in [4.78, 5) is 26.6. The maximum atomic E-state index is 13.7. The summed E-state index contributed by atoms with van der Waals surface area (Å²) in [6, 6.07) is 6.51. The number of fused-ring (bicyclic) bond motifs is 1. The van der Waals surface area contributed by atoms with Crippen LogP contribution < -0.4 is 10.2 Å². The third-order valence-corrected chi connectivity index (χ3v) is 6.76. The average Bonchev–Trinajstić information content (AvgIpc) is 2.97. The predicted octanol–water partition coefficient (Wildman–Crippen LogP) is 0.443. The molecule has 16 heteroatoms. The van der Waals surface area contributed by atoms with E-state index in [4.69, 9.17) is 18.6 Å². The molecule has 1 fully saturated rings. The number of phenolic OH excluding ortho intramolecular Hbond substituents is 7. The van der Waals surface area contributed by atoms with Crippen LogP contribution >= 0.6 is 0 Å². The Morgan fingerprint density at radius 2 is 1.50 bits per heavy atom.